The maximum absolute atomic E-state index is 14.6. The second-order valence-electron chi connectivity index (χ2n) is 9.90. The summed E-state index contributed by atoms with van der Waals surface area (Å²) in [5, 5.41) is 3.32. The van der Waals surface area contributed by atoms with Crippen molar-refractivity contribution in [1.82, 2.24) is 15.1 Å². The molecule has 0 radical (unpaired) electrons. The van der Waals surface area contributed by atoms with E-state index in [0.29, 0.717) is 46.6 Å². The van der Waals surface area contributed by atoms with Gasteiger partial charge in [0.15, 0.2) is 0 Å². The highest BCUT2D eigenvalue weighted by atomic mass is 35.5. The third-order valence-electron chi connectivity index (χ3n) is 6.78. The first-order valence-corrected chi connectivity index (χ1v) is 13.4. The molecule has 1 fully saturated rings. The Hall–Kier alpha value is -4.11. The van der Waals surface area contributed by atoms with E-state index < -0.39 is 23.9 Å². The highest BCUT2D eigenvalue weighted by Gasteiger charge is 2.45. The number of amides is 3. The van der Waals surface area contributed by atoms with Gasteiger partial charge in [0.2, 0.25) is 5.91 Å². The topological polar surface area (TPSA) is 83.5 Å². The normalized spacial score (nSPS) is 18.9. The summed E-state index contributed by atoms with van der Waals surface area (Å²) in [7, 11) is 1.56. The van der Waals surface area contributed by atoms with Gasteiger partial charge >= 0.3 is 6.03 Å². The van der Waals surface area contributed by atoms with Gasteiger partial charge in [0.1, 0.15) is 35.7 Å². The third-order valence-corrected chi connectivity index (χ3v) is 7.03. The van der Waals surface area contributed by atoms with Crippen LogP contribution in [0.3, 0.4) is 0 Å². The molecule has 1 saturated heterocycles. The zero-order chi connectivity index (χ0) is 28.4. The van der Waals surface area contributed by atoms with E-state index in [9.17, 15) is 14.0 Å². The number of ether oxygens (including phenoxy) is 2. The Morgan fingerprint density at radius 3 is 2.55 bits per heavy atom. The summed E-state index contributed by atoms with van der Waals surface area (Å²) in [5.74, 6) is 0.737. The molecule has 208 valence electrons. The van der Waals surface area contributed by atoms with E-state index in [-0.39, 0.29) is 18.6 Å². The Morgan fingerprint density at radius 1 is 1.10 bits per heavy atom. The SMILES string of the molecule is COc1ccc(C2=N[C@H](c3ccc(Cl)cc3)[C@H](c3cccc(F)c3)N2C(=O)N2CCNC(=O)C2)c(OC(C)C)c1. The number of piperazine rings is 1. The summed E-state index contributed by atoms with van der Waals surface area (Å²) in [6, 6.07) is 17.0. The molecule has 1 N–H and O–H groups in total. The molecule has 40 heavy (non-hydrogen) atoms. The lowest BCUT2D eigenvalue weighted by molar-refractivity contribution is -0.123. The predicted octanol–water partition coefficient (Wildman–Crippen LogP) is 5.37. The quantitative estimate of drug-likeness (QED) is 0.436. The van der Waals surface area contributed by atoms with Gasteiger partial charge in [0.05, 0.1) is 24.8 Å². The average molecular weight is 565 g/mol. The van der Waals surface area contributed by atoms with Crippen LogP contribution in [0.2, 0.25) is 5.02 Å². The van der Waals surface area contributed by atoms with E-state index in [0.717, 1.165) is 5.56 Å². The molecule has 0 aromatic heterocycles. The number of halogens is 2. The zero-order valence-corrected chi connectivity index (χ0v) is 23.2. The number of urea groups is 1. The molecule has 0 bridgehead atoms. The standard InChI is InChI=1S/C30H30ClFN4O4/c1-18(2)40-25-16-23(39-3)11-12-24(25)29-34-27(19-7-9-21(31)10-8-19)28(20-5-4-6-22(32)15-20)36(29)30(38)35-14-13-33-26(37)17-35/h4-12,15-16,18,27-28H,13-14,17H2,1-3H3,(H,33,37)/t27-,28+/m1/s1. The minimum Gasteiger partial charge on any atom is -0.497 e. The van der Waals surface area contributed by atoms with Crippen LogP contribution in [0.25, 0.3) is 0 Å². The molecule has 0 saturated carbocycles. The lowest BCUT2D eigenvalue weighted by atomic mass is 9.93. The molecule has 10 heteroatoms. The summed E-state index contributed by atoms with van der Waals surface area (Å²) in [6.07, 6.45) is -0.172. The molecule has 3 aromatic carbocycles. The molecule has 2 heterocycles. The van der Waals surface area contributed by atoms with Crippen molar-refractivity contribution in [3.8, 4) is 11.5 Å². The molecule has 8 nitrogen and oxygen atoms in total. The largest absolute Gasteiger partial charge is 0.497 e. The average Bonchev–Trinajstić information content (AvgIpc) is 3.33. The van der Waals surface area contributed by atoms with Crippen LogP contribution in [0.1, 0.15) is 42.6 Å². The number of benzene rings is 3. The van der Waals surface area contributed by atoms with Crippen LogP contribution >= 0.6 is 11.6 Å². The maximum Gasteiger partial charge on any atom is 0.326 e. The van der Waals surface area contributed by atoms with Gasteiger partial charge in [0.25, 0.3) is 0 Å². The van der Waals surface area contributed by atoms with Crippen molar-refractivity contribution in [3.63, 3.8) is 0 Å². The van der Waals surface area contributed by atoms with Gasteiger partial charge in [-0.05, 0) is 61.4 Å². The van der Waals surface area contributed by atoms with E-state index in [1.807, 2.05) is 26.0 Å². The summed E-state index contributed by atoms with van der Waals surface area (Å²) < 4.78 is 26.2. The van der Waals surface area contributed by atoms with Crippen LogP contribution in [-0.2, 0) is 4.79 Å². The number of amidine groups is 1. The fourth-order valence-corrected chi connectivity index (χ4v) is 5.13. The van der Waals surface area contributed by atoms with Gasteiger partial charge in [-0.25, -0.2) is 9.18 Å². The maximum atomic E-state index is 14.6. The lowest BCUT2D eigenvalue weighted by Crippen LogP contribution is -2.55. The third kappa shape index (κ3) is 5.60. The first-order chi connectivity index (χ1) is 19.2. The van der Waals surface area contributed by atoms with Gasteiger partial charge in [0, 0.05) is 24.2 Å². The molecule has 0 unspecified atom stereocenters. The number of carbonyl (C=O) groups excluding carboxylic acids is 2. The molecule has 0 spiro atoms. The fourth-order valence-electron chi connectivity index (χ4n) is 5.01. The fraction of sp³-hybridized carbons (Fsp3) is 0.300. The van der Waals surface area contributed by atoms with E-state index in [2.05, 4.69) is 5.32 Å². The summed E-state index contributed by atoms with van der Waals surface area (Å²) in [5.41, 5.74) is 1.93. The predicted molar refractivity (Wildman–Crippen MR) is 150 cm³/mol. The van der Waals surface area contributed by atoms with Crippen LogP contribution < -0.4 is 14.8 Å². The smallest absolute Gasteiger partial charge is 0.326 e. The van der Waals surface area contributed by atoms with Crippen LogP contribution in [0.4, 0.5) is 9.18 Å². The Kier molecular flexibility index (Phi) is 7.93. The van der Waals surface area contributed by atoms with Crippen molar-refractivity contribution in [2.45, 2.75) is 32.0 Å². The number of methoxy groups -OCH3 is 1. The molecule has 2 aliphatic rings. The summed E-state index contributed by atoms with van der Waals surface area (Å²) in [4.78, 5) is 34.7. The molecule has 5 rings (SSSR count). The van der Waals surface area contributed by atoms with Crippen molar-refractivity contribution < 1.29 is 23.5 Å². The number of hydrogen-bond acceptors (Lipinski definition) is 5. The number of rotatable bonds is 6. The van der Waals surface area contributed by atoms with Crippen molar-refractivity contribution in [2.24, 2.45) is 4.99 Å². The molecular formula is C30H30ClFN4O4. The van der Waals surface area contributed by atoms with E-state index in [1.54, 1.807) is 54.5 Å². The molecular weight excluding hydrogens is 535 g/mol. The van der Waals surface area contributed by atoms with Gasteiger partial charge in [-0.1, -0.05) is 35.9 Å². The number of aliphatic imine (C=N–C) groups is 1. The Labute approximate surface area is 237 Å². The number of carbonyl (C=O) groups is 2. The monoisotopic (exact) mass is 564 g/mol. The number of hydrogen-bond donors (Lipinski definition) is 1. The van der Waals surface area contributed by atoms with E-state index in [4.69, 9.17) is 26.1 Å². The number of nitrogens with zero attached hydrogens (tertiary/aromatic N) is 3. The molecule has 3 amide bonds. The van der Waals surface area contributed by atoms with Crippen LogP contribution in [0.15, 0.2) is 71.7 Å². The molecule has 2 aliphatic heterocycles. The van der Waals surface area contributed by atoms with Crippen molar-refractivity contribution >= 4 is 29.4 Å². The first kappa shape index (κ1) is 27.5. The lowest BCUT2D eigenvalue weighted by Gasteiger charge is -2.35. The highest BCUT2D eigenvalue weighted by molar-refractivity contribution is 6.30. The Bertz CT molecular complexity index is 1450. The number of nitrogens with one attached hydrogen (secondary N) is 1. The van der Waals surface area contributed by atoms with Crippen LogP contribution in [0.5, 0.6) is 11.5 Å². The summed E-state index contributed by atoms with van der Waals surface area (Å²) in [6.45, 7) is 4.37. The Balaban J connectivity index is 1.72. The minimum absolute atomic E-state index is 0.0952. The zero-order valence-electron chi connectivity index (χ0n) is 22.4. The van der Waals surface area contributed by atoms with Gasteiger partial charge in [-0.3, -0.25) is 14.7 Å². The van der Waals surface area contributed by atoms with Crippen molar-refractivity contribution in [3.05, 3.63) is 94.3 Å². The van der Waals surface area contributed by atoms with Crippen molar-refractivity contribution in [2.75, 3.05) is 26.7 Å². The van der Waals surface area contributed by atoms with Gasteiger partial charge < -0.3 is 19.7 Å². The van der Waals surface area contributed by atoms with E-state index >= 15 is 0 Å². The Morgan fingerprint density at radius 2 is 1.88 bits per heavy atom. The molecule has 0 aliphatic carbocycles. The second-order valence-corrected chi connectivity index (χ2v) is 10.3. The van der Waals surface area contributed by atoms with Gasteiger partial charge in [-0.15, -0.1) is 0 Å². The van der Waals surface area contributed by atoms with E-state index in [1.165, 1.54) is 17.0 Å². The molecule has 2 atom stereocenters. The first-order valence-electron chi connectivity index (χ1n) is 13.0. The molecule has 3 aromatic rings. The second kappa shape index (κ2) is 11.6. The van der Waals surface area contributed by atoms with Gasteiger partial charge in [-0.2, -0.15) is 0 Å². The van der Waals surface area contributed by atoms with Crippen molar-refractivity contribution in [1.29, 1.82) is 0 Å². The van der Waals surface area contributed by atoms with Crippen LogP contribution in [-0.4, -0.2) is 60.4 Å². The van der Waals surface area contributed by atoms with Crippen LogP contribution in [0, 0.1) is 5.82 Å². The highest BCUT2D eigenvalue weighted by Crippen LogP contribution is 2.45. The summed E-state index contributed by atoms with van der Waals surface area (Å²) >= 11 is 6.19. The minimum atomic E-state index is -0.710.